The summed E-state index contributed by atoms with van der Waals surface area (Å²) < 4.78 is 0. The fourth-order valence-corrected chi connectivity index (χ4v) is 2.26. The highest BCUT2D eigenvalue weighted by Gasteiger charge is 2.11. The van der Waals surface area contributed by atoms with Gasteiger partial charge in [0.2, 0.25) is 0 Å². The fourth-order valence-electron chi connectivity index (χ4n) is 2.26. The summed E-state index contributed by atoms with van der Waals surface area (Å²) in [4.78, 5) is 2.48. The zero-order chi connectivity index (χ0) is 12.1. The van der Waals surface area contributed by atoms with Crippen LogP contribution in [0.1, 0.15) is 24.0 Å². The molecule has 1 heterocycles. The molecule has 2 heteroatoms. The number of hydrogen-bond acceptors (Lipinski definition) is 2. The van der Waals surface area contributed by atoms with Crippen LogP contribution < -0.4 is 5.73 Å². The molecule has 2 rings (SSSR count). The van der Waals surface area contributed by atoms with Crippen molar-refractivity contribution in [2.45, 2.75) is 19.8 Å². The van der Waals surface area contributed by atoms with E-state index in [1.54, 1.807) is 0 Å². The lowest BCUT2D eigenvalue weighted by Crippen LogP contribution is -2.30. The van der Waals surface area contributed by atoms with E-state index in [4.69, 9.17) is 5.73 Å². The van der Waals surface area contributed by atoms with Crippen LogP contribution in [0.3, 0.4) is 0 Å². The second-order valence-electron chi connectivity index (χ2n) is 4.79. The number of hydrogen-bond donors (Lipinski definition) is 1. The van der Waals surface area contributed by atoms with Crippen LogP contribution in [0.4, 0.5) is 0 Å². The van der Waals surface area contributed by atoms with Crippen molar-refractivity contribution in [2.24, 2.45) is 5.73 Å². The SMILES string of the molecule is Cc1ccc(C2=CCN(CCCN)CC2)cc1. The lowest BCUT2D eigenvalue weighted by atomic mass is 9.98. The summed E-state index contributed by atoms with van der Waals surface area (Å²) in [7, 11) is 0. The van der Waals surface area contributed by atoms with Crippen molar-refractivity contribution in [3.63, 3.8) is 0 Å². The van der Waals surface area contributed by atoms with Gasteiger partial charge in [0.1, 0.15) is 0 Å². The highest BCUT2D eigenvalue weighted by Crippen LogP contribution is 2.22. The topological polar surface area (TPSA) is 29.3 Å². The Hall–Kier alpha value is -1.12. The third kappa shape index (κ3) is 3.42. The Morgan fingerprint density at radius 2 is 2.00 bits per heavy atom. The van der Waals surface area contributed by atoms with Gasteiger partial charge < -0.3 is 5.73 Å². The van der Waals surface area contributed by atoms with Crippen molar-refractivity contribution in [2.75, 3.05) is 26.2 Å². The molecule has 0 spiro atoms. The molecule has 17 heavy (non-hydrogen) atoms. The largest absolute Gasteiger partial charge is 0.330 e. The quantitative estimate of drug-likeness (QED) is 0.861. The van der Waals surface area contributed by atoms with Crippen molar-refractivity contribution >= 4 is 5.57 Å². The summed E-state index contributed by atoms with van der Waals surface area (Å²) in [5.41, 5.74) is 9.74. The normalized spacial score (nSPS) is 16.9. The highest BCUT2D eigenvalue weighted by molar-refractivity contribution is 5.66. The minimum Gasteiger partial charge on any atom is -0.330 e. The van der Waals surface area contributed by atoms with E-state index in [-0.39, 0.29) is 0 Å². The van der Waals surface area contributed by atoms with E-state index >= 15 is 0 Å². The number of nitrogens with two attached hydrogens (primary N) is 1. The van der Waals surface area contributed by atoms with Gasteiger partial charge in [0, 0.05) is 13.1 Å². The van der Waals surface area contributed by atoms with Crippen molar-refractivity contribution in [1.29, 1.82) is 0 Å². The molecule has 0 unspecified atom stereocenters. The monoisotopic (exact) mass is 230 g/mol. The molecule has 2 nitrogen and oxygen atoms in total. The molecule has 0 fully saturated rings. The molecule has 0 bridgehead atoms. The Bertz CT molecular complexity index is 378. The third-order valence-electron chi connectivity index (χ3n) is 3.39. The molecule has 1 aliphatic heterocycles. The predicted octanol–water partition coefficient (Wildman–Crippen LogP) is 2.43. The van der Waals surface area contributed by atoms with Gasteiger partial charge >= 0.3 is 0 Å². The van der Waals surface area contributed by atoms with Crippen molar-refractivity contribution < 1.29 is 0 Å². The second kappa shape index (κ2) is 5.99. The first kappa shape index (κ1) is 12.3. The molecule has 0 radical (unpaired) electrons. The molecule has 1 aliphatic rings. The van der Waals surface area contributed by atoms with Gasteiger partial charge in [-0.05, 0) is 44.0 Å². The first-order valence-corrected chi connectivity index (χ1v) is 6.48. The molecule has 1 aromatic carbocycles. The van der Waals surface area contributed by atoms with Crippen molar-refractivity contribution in [1.82, 2.24) is 4.90 Å². The Morgan fingerprint density at radius 1 is 1.24 bits per heavy atom. The Balaban J connectivity index is 1.96. The smallest absolute Gasteiger partial charge is 0.0169 e. The van der Waals surface area contributed by atoms with Gasteiger partial charge in [0.05, 0.1) is 0 Å². The van der Waals surface area contributed by atoms with E-state index in [1.807, 2.05) is 0 Å². The lowest BCUT2D eigenvalue weighted by molar-refractivity contribution is 0.300. The van der Waals surface area contributed by atoms with E-state index in [0.29, 0.717) is 0 Å². The number of benzene rings is 1. The minimum atomic E-state index is 0.797. The first-order chi connectivity index (χ1) is 8.29. The summed E-state index contributed by atoms with van der Waals surface area (Å²) in [6.45, 7) is 6.30. The number of rotatable bonds is 4. The molecular formula is C15H22N2. The van der Waals surface area contributed by atoms with Crippen LogP contribution in [0.25, 0.3) is 5.57 Å². The van der Waals surface area contributed by atoms with Crippen LogP contribution in [0.2, 0.25) is 0 Å². The van der Waals surface area contributed by atoms with Crippen LogP contribution in [0.5, 0.6) is 0 Å². The Morgan fingerprint density at radius 3 is 2.59 bits per heavy atom. The van der Waals surface area contributed by atoms with E-state index in [9.17, 15) is 0 Å². The first-order valence-electron chi connectivity index (χ1n) is 6.48. The maximum absolute atomic E-state index is 5.54. The second-order valence-corrected chi connectivity index (χ2v) is 4.79. The summed E-state index contributed by atoms with van der Waals surface area (Å²) in [5.74, 6) is 0. The summed E-state index contributed by atoms with van der Waals surface area (Å²) in [6, 6.07) is 8.85. The summed E-state index contributed by atoms with van der Waals surface area (Å²) in [5, 5.41) is 0. The van der Waals surface area contributed by atoms with Crippen LogP contribution in [0, 0.1) is 6.92 Å². The van der Waals surface area contributed by atoms with Crippen molar-refractivity contribution in [3.8, 4) is 0 Å². The molecule has 1 aromatic rings. The zero-order valence-corrected chi connectivity index (χ0v) is 10.7. The van der Waals surface area contributed by atoms with Gasteiger partial charge in [0.25, 0.3) is 0 Å². The maximum atomic E-state index is 5.54. The van der Waals surface area contributed by atoms with Crippen LogP contribution in [-0.4, -0.2) is 31.1 Å². The highest BCUT2D eigenvalue weighted by atomic mass is 15.1. The van der Waals surface area contributed by atoms with Gasteiger partial charge in [0.15, 0.2) is 0 Å². The van der Waals surface area contributed by atoms with E-state index in [2.05, 4.69) is 42.2 Å². The minimum absolute atomic E-state index is 0.797. The fraction of sp³-hybridized carbons (Fsp3) is 0.467. The Labute approximate surface area is 104 Å². The van der Waals surface area contributed by atoms with E-state index in [0.717, 1.165) is 32.5 Å². The van der Waals surface area contributed by atoms with Gasteiger partial charge in [-0.1, -0.05) is 35.9 Å². The lowest BCUT2D eigenvalue weighted by Gasteiger charge is -2.26. The average Bonchev–Trinajstić information content (AvgIpc) is 2.38. The van der Waals surface area contributed by atoms with Gasteiger partial charge in [-0.25, -0.2) is 0 Å². The molecule has 0 saturated carbocycles. The Kier molecular flexibility index (Phi) is 4.35. The van der Waals surface area contributed by atoms with Gasteiger partial charge in [-0.15, -0.1) is 0 Å². The maximum Gasteiger partial charge on any atom is 0.0169 e. The molecule has 0 atom stereocenters. The van der Waals surface area contributed by atoms with E-state index in [1.165, 1.54) is 23.2 Å². The molecule has 0 aromatic heterocycles. The standard InChI is InChI=1S/C15H22N2/c1-13-3-5-14(6-4-13)15-7-11-17(12-8-15)10-2-9-16/h3-7H,2,8-12,16H2,1H3. The van der Waals surface area contributed by atoms with E-state index < -0.39 is 0 Å². The summed E-state index contributed by atoms with van der Waals surface area (Å²) in [6.07, 6.45) is 4.63. The molecule has 0 aliphatic carbocycles. The predicted molar refractivity (Wildman–Crippen MR) is 73.9 cm³/mol. The molecule has 2 N–H and O–H groups in total. The van der Waals surface area contributed by atoms with Crippen LogP contribution in [-0.2, 0) is 0 Å². The molecule has 0 amide bonds. The number of aryl methyl sites for hydroxylation is 1. The summed E-state index contributed by atoms with van der Waals surface area (Å²) >= 11 is 0. The van der Waals surface area contributed by atoms with Crippen molar-refractivity contribution in [3.05, 3.63) is 41.5 Å². The molecular weight excluding hydrogens is 208 g/mol. The molecule has 92 valence electrons. The third-order valence-corrected chi connectivity index (χ3v) is 3.39. The van der Waals surface area contributed by atoms with Gasteiger partial charge in [-0.2, -0.15) is 0 Å². The van der Waals surface area contributed by atoms with Gasteiger partial charge in [-0.3, -0.25) is 4.90 Å². The zero-order valence-electron chi connectivity index (χ0n) is 10.7. The molecule has 0 saturated heterocycles. The number of nitrogens with zero attached hydrogens (tertiary/aromatic N) is 1. The van der Waals surface area contributed by atoms with Crippen LogP contribution in [0.15, 0.2) is 30.3 Å². The average molecular weight is 230 g/mol. The van der Waals surface area contributed by atoms with Crippen LogP contribution >= 0.6 is 0 Å².